The van der Waals surface area contributed by atoms with Gasteiger partial charge in [-0.15, -0.1) is 10.1 Å². The Hall–Kier alpha value is -2.74. The molecule has 1 fully saturated rings. The van der Waals surface area contributed by atoms with Gasteiger partial charge in [0.1, 0.15) is 6.04 Å². The largest absolute Gasteiger partial charge is 0.416 e. The number of aliphatic imine (C=N–C) groups is 1. The Balaban J connectivity index is 1.74. The predicted molar refractivity (Wildman–Crippen MR) is 102 cm³/mol. The van der Waals surface area contributed by atoms with Gasteiger partial charge in [0.25, 0.3) is 5.91 Å². The highest BCUT2D eigenvalue weighted by Gasteiger charge is 2.55. The number of benzene rings is 1. The number of carbonyl (C=O) groups excluding carboxylic acids is 2. The molecule has 0 aliphatic carbocycles. The molecule has 2 unspecified atom stereocenters. The second-order valence-electron chi connectivity index (χ2n) is 6.88. The number of halogens is 1. The number of amidine groups is 1. The third-order valence-electron chi connectivity index (χ3n) is 5.23. The van der Waals surface area contributed by atoms with Crippen molar-refractivity contribution in [3.63, 3.8) is 0 Å². The van der Waals surface area contributed by atoms with Crippen molar-refractivity contribution in [3.8, 4) is 0 Å². The fourth-order valence-electron chi connectivity index (χ4n) is 3.61. The van der Waals surface area contributed by atoms with Crippen LogP contribution in [0.4, 0.5) is 4.79 Å². The number of imide groups is 1. The van der Waals surface area contributed by atoms with Crippen molar-refractivity contribution in [1.29, 1.82) is 0 Å². The Morgan fingerprint density at radius 2 is 1.93 bits per heavy atom. The van der Waals surface area contributed by atoms with Crippen molar-refractivity contribution in [1.82, 2.24) is 14.8 Å². The van der Waals surface area contributed by atoms with Crippen LogP contribution in [0, 0.1) is 0 Å². The van der Waals surface area contributed by atoms with Crippen LogP contribution in [0.2, 0.25) is 5.02 Å². The molecule has 0 aromatic heterocycles. The third-order valence-corrected chi connectivity index (χ3v) is 5.60. The standard InChI is InChI=1S/C18H20ClN6O2/c1-10-11(2)25-14-15(20-17(25)23(4)21-10)22(3)18(27)24(16(14)26)9-12-7-5-6-8-13(12)19/h5-8,11,14H,9H2,1-4H3/q+1. The topological polar surface area (TPSA) is 71.6 Å². The van der Waals surface area contributed by atoms with Crippen molar-refractivity contribution in [2.45, 2.75) is 32.5 Å². The minimum Gasteiger partial charge on any atom is -0.270 e. The van der Waals surface area contributed by atoms with E-state index in [9.17, 15) is 9.59 Å². The first kappa shape index (κ1) is 17.7. The van der Waals surface area contributed by atoms with Crippen LogP contribution >= 0.6 is 11.6 Å². The van der Waals surface area contributed by atoms with Crippen LogP contribution in [0.3, 0.4) is 0 Å². The van der Waals surface area contributed by atoms with Gasteiger partial charge in [-0.1, -0.05) is 34.8 Å². The molecule has 0 saturated carbocycles. The van der Waals surface area contributed by atoms with Gasteiger partial charge in [0, 0.05) is 12.1 Å². The van der Waals surface area contributed by atoms with Gasteiger partial charge in [-0.05, 0) is 25.5 Å². The fraction of sp³-hybridized carbons (Fsp3) is 0.389. The Morgan fingerprint density at radius 1 is 1.22 bits per heavy atom. The zero-order chi connectivity index (χ0) is 19.5. The molecule has 2 atom stereocenters. The van der Waals surface area contributed by atoms with Crippen LogP contribution in [-0.2, 0) is 11.3 Å². The second kappa shape index (κ2) is 6.16. The number of carbonyl (C=O) groups is 2. The third kappa shape index (κ3) is 2.55. The van der Waals surface area contributed by atoms with Crippen molar-refractivity contribution in [3.05, 3.63) is 34.9 Å². The molecule has 3 aliphatic rings. The second-order valence-corrected chi connectivity index (χ2v) is 7.29. The molecule has 3 heterocycles. The van der Waals surface area contributed by atoms with Gasteiger partial charge in [-0.3, -0.25) is 14.6 Å². The molecule has 0 N–H and O–H groups in total. The molecular formula is C18H20ClN6O2+. The maximum Gasteiger partial charge on any atom is 0.416 e. The lowest BCUT2D eigenvalue weighted by atomic mass is 10.1. The van der Waals surface area contributed by atoms with Gasteiger partial charge in [0.05, 0.1) is 19.3 Å². The summed E-state index contributed by atoms with van der Waals surface area (Å²) in [6.07, 6.45) is 0. The zero-order valence-electron chi connectivity index (χ0n) is 15.5. The summed E-state index contributed by atoms with van der Waals surface area (Å²) in [5, 5.41) is 6.61. The lowest BCUT2D eigenvalue weighted by Gasteiger charge is -2.35. The van der Waals surface area contributed by atoms with Crippen LogP contribution in [0.15, 0.2) is 34.4 Å². The lowest BCUT2D eigenvalue weighted by molar-refractivity contribution is -0.558. The number of urea groups is 1. The Bertz CT molecular complexity index is 953. The van der Waals surface area contributed by atoms with E-state index in [1.807, 2.05) is 36.6 Å². The molecule has 0 radical (unpaired) electrons. The van der Waals surface area contributed by atoms with Crippen molar-refractivity contribution >= 4 is 41.0 Å². The predicted octanol–water partition coefficient (Wildman–Crippen LogP) is 1.59. The summed E-state index contributed by atoms with van der Waals surface area (Å²) in [5.41, 5.74) is 1.60. The van der Waals surface area contributed by atoms with E-state index in [-0.39, 0.29) is 18.5 Å². The molecule has 4 rings (SSSR count). The smallest absolute Gasteiger partial charge is 0.270 e. The van der Waals surface area contributed by atoms with Crippen molar-refractivity contribution in [2.75, 3.05) is 14.1 Å². The Kier molecular flexibility index (Phi) is 4.03. The molecule has 8 nitrogen and oxygen atoms in total. The molecule has 140 valence electrons. The Labute approximate surface area is 162 Å². The normalized spacial score (nSPS) is 24.9. The fourth-order valence-corrected chi connectivity index (χ4v) is 3.81. The first-order chi connectivity index (χ1) is 12.8. The van der Waals surface area contributed by atoms with Gasteiger partial charge >= 0.3 is 12.0 Å². The molecule has 27 heavy (non-hydrogen) atoms. The van der Waals surface area contributed by atoms with Gasteiger partial charge < -0.3 is 0 Å². The maximum atomic E-state index is 13.3. The number of hydrazone groups is 1. The van der Waals surface area contributed by atoms with Crippen LogP contribution in [0.5, 0.6) is 0 Å². The van der Waals surface area contributed by atoms with E-state index >= 15 is 0 Å². The van der Waals surface area contributed by atoms with Crippen molar-refractivity contribution < 1.29 is 14.2 Å². The average Bonchev–Trinajstić information content (AvgIpc) is 3.04. The van der Waals surface area contributed by atoms with Gasteiger partial charge in [0.2, 0.25) is 11.9 Å². The highest BCUT2D eigenvalue weighted by molar-refractivity contribution is 6.31. The van der Waals surface area contributed by atoms with Crippen LogP contribution < -0.4 is 0 Å². The maximum absolute atomic E-state index is 13.3. The minimum absolute atomic E-state index is 0.102. The highest BCUT2D eigenvalue weighted by Crippen LogP contribution is 2.27. The van der Waals surface area contributed by atoms with Gasteiger partial charge in [-0.25, -0.2) is 9.37 Å². The summed E-state index contributed by atoms with van der Waals surface area (Å²) in [6.45, 7) is 4.01. The van der Waals surface area contributed by atoms with Gasteiger partial charge in [0.15, 0.2) is 0 Å². The number of guanidine groups is 1. The Morgan fingerprint density at radius 3 is 2.63 bits per heavy atom. The number of amides is 3. The average molecular weight is 388 g/mol. The van der Waals surface area contributed by atoms with Crippen molar-refractivity contribution in [2.24, 2.45) is 10.1 Å². The molecule has 9 heteroatoms. The summed E-state index contributed by atoms with van der Waals surface area (Å²) < 4.78 is 1.92. The van der Waals surface area contributed by atoms with Gasteiger partial charge in [-0.2, -0.15) is 0 Å². The van der Waals surface area contributed by atoms with Crippen LogP contribution in [0.1, 0.15) is 19.4 Å². The number of likely N-dealkylation sites (N-methyl/N-ethyl adjacent to an activating group) is 1. The van der Waals surface area contributed by atoms with Crippen LogP contribution in [-0.4, -0.2) is 75.0 Å². The zero-order valence-corrected chi connectivity index (χ0v) is 16.3. The summed E-state index contributed by atoms with van der Waals surface area (Å²) in [7, 11) is 3.42. The minimum atomic E-state index is -0.659. The number of fused-ring (bicyclic) bond motifs is 2. The quantitative estimate of drug-likeness (QED) is 0.723. The summed E-state index contributed by atoms with van der Waals surface area (Å²) in [5.74, 6) is 0.696. The molecule has 1 aromatic carbocycles. The number of rotatable bonds is 2. The highest BCUT2D eigenvalue weighted by atomic mass is 35.5. The molecule has 1 aromatic rings. The molecule has 1 saturated heterocycles. The first-order valence-corrected chi connectivity index (χ1v) is 9.04. The monoisotopic (exact) mass is 387 g/mol. The van der Waals surface area contributed by atoms with Crippen LogP contribution in [0.25, 0.3) is 0 Å². The summed E-state index contributed by atoms with van der Waals surface area (Å²) >= 11 is 6.24. The number of hydrogen-bond donors (Lipinski definition) is 0. The van der Waals surface area contributed by atoms with E-state index in [4.69, 9.17) is 11.6 Å². The molecule has 3 amide bonds. The van der Waals surface area contributed by atoms with E-state index in [2.05, 4.69) is 10.1 Å². The summed E-state index contributed by atoms with van der Waals surface area (Å²) in [6, 6.07) is 6.03. The lowest BCUT2D eigenvalue weighted by Crippen LogP contribution is -2.64. The molecule has 0 bridgehead atoms. The SMILES string of the molecule is CC1=NN(C)C2=[N+](C1C)C1C(=O)N(Cc3ccccc3Cl)C(=O)N(C)C1=N2. The van der Waals surface area contributed by atoms with E-state index < -0.39 is 12.1 Å². The molecular weight excluding hydrogens is 368 g/mol. The number of nitrogens with zero attached hydrogens (tertiary/aromatic N) is 6. The number of hydrogen-bond acceptors (Lipinski definition) is 5. The first-order valence-electron chi connectivity index (χ1n) is 8.66. The van der Waals surface area contributed by atoms with E-state index in [0.717, 1.165) is 11.3 Å². The molecule has 0 spiro atoms. The van der Waals surface area contributed by atoms with E-state index in [1.165, 1.54) is 9.80 Å². The molecule has 3 aliphatic heterocycles. The van der Waals surface area contributed by atoms with E-state index in [1.54, 1.807) is 25.2 Å². The summed E-state index contributed by atoms with van der Waals surface area (Å²) in [4.78, 5) is 33.4. The van der Waals surface area contributed by atoms with E-state index in [0.29, 0.717) is 16.8 Å².